The first-order valence-electron chi connectivity index (χ1n) is 9.34. The normalized spacial score (nSPS) is 17.0. The third-order valence-electron chi connectivity index (χ3n) is 4.25. The number of nitrogens with zero attached hydrogens (tertiary/aromatic N) is 1. The molecule has 2 aromatic carbocycles. The average Bonchev–Trinajstić information content (AvgIpc) is 2.97. The van der Waals surface area contributed by atoms with Gasteiger partial charge < -0.3 is 20.3 Å². The van der Waals surface area contributed by atoms with Crippen LogP contribution < -0.4 is 10.4 Å². The van der Waals surface area contributed by atoms with Gasteiger partial charge in [0.2, 0.25) is 0 Å². The van der Waals surface area contributed by atoms with Gasteiger partial charge in [0.05, 0.1) is 6.04 Å². The summed E-state index contributed by atoms with van der Waals surface area (Å²) < 4.78 is 6.20. The summed E-state index contributed by atoms with van der Waals surface area (Å²) in [5.74, 6) is 0. The van der Waals surface area contributed by atoms with Crippen LogP contribution in [0.25, 0.3) is 5.57 Å². The number of ether oxygens (including phenoxy) is 1. The molecule has 152 valence electrons. The van der Waals surface area contributed by atoms with Crippen molar-refractivity contribution < 1.29 is 14.6 Å². The largest absolute Gasteiger partial charge is 0.624 e. The van der Waals surface area contributed by atoms with Gasteiger partial charge in [-0.3, -0.25) is 4.99 Å². The number of aliphatic imine (C=N–C) groups is 1. The summed E-state index contributed by atoms with van der Waals surface area (Å²) in [7, 11) is 0. The van der Waals surface area contributed by atoms with E-state index in [1.807, 2.05) is 63.2 Å². The monoisotopic (exact) mass is 457 g/mol. The zero-order valence-electron chi connectivity index (χ0n) is 16.6. The lowest BCUT2D eigenvalue weighted by molar-refractivity contribution is -0.710. The van der Waals surface area contributed by atoms with Crippen LogP contribution in [0.2, 0.25) is 0 Å². The van der Waals surface area contributed by atoms with Crippen LogP contribution in [0, 0.1) is 5.21 Å². The minimum absolute atomic E-state index is 0.0559. The first kappa shape index (κ1) is 21.2. The Bertz CT molecular complexity index is 936. The molecule has 6 nitrogen and oxygen atoms in total. The van der Waals surface area contributed by atoms with Crippen molar-refractivity contribution >= 4 is 39.5 Å². The summed E-state index contributed by atoms with van der Waals surface area (Å²) in [6.45, 7) is 5.64. The van der Waals surface area contributed by atoms with Gasteiger partial charge in [-0.25, -0.2) is 4.79 Å². The van der Waals surface area contributed by atoms with Crippen LogP contribution >= 0.6 is 15.9 Å². The fourth-order valence-corrected chi connectivity index (χ4v) is 3.36. The SMILES string of the molecule is CC(C)(C)OC(=O)NCC(N=Cc1ccccc1)C1=C[NH+]([O-])c2ccc(Br)cc21. The van der Waals surface area contributed by atoms with Crippen LogP contribution in [0.4, 0.5) is 10.5 Å². The van der Waals surface area contributed by atoms with Crippen LogP contribution in [0.15, 0.2) is 64.2 Å². The second kappa shape index (κ2) is 8.90. The molecule has 1 aliphatic heterocycles. The predicted molar refractivity (Wildman–Crippen MR) is 118 cm³/mol. The van der Waals surface area contributed by atoms with Crippen LogP contribution in [0.1, 0.15) is 31.9 Å². The van der Waals surface area contributed by atoms with Crippen LogP contribution in [-0.2, 0) is 4.74 Å². The minimum atomic E-state index is -0.590. The number of benzene rings is 2. The second-order valence-electron chi connectivity index (χ2n) is 7.74. The standard InChI is InChI=1S/C22H24BrN3O3/c1-22(2,3)29-21(27)25-13-19(24-12-15-7-5-4-6-8-15)18-14-26(28)20-10-9-16(23)11-17(18)20/h4-12,14,19,26H,13H2,1-3H3,(H,25,27). The first-order valence-corrected chi connectivity index (χ1v) is 10.1. The van der Waals surface area contributed by atoms with E-state index < -0.39 is 17.7 Å². The van der Waals surface area contributed by atoms with Crippen molar-refractivity contribution in [2.75, 3.05) is 6.54 Å². The van der Waals surface area contributed by atoms with Crippen molar-refractivity contribution in [1.82, 2.24) is 5.32 Å². The number of hydroxylamine groups is 1. The molecule has 1 heterocycles. The van der Waals surface area contributed by atoms with Gasteiger partial charge >= 0.3 is 6.09 Å². The maximum atomic E-state index is 12.4. The summed E-state index contributed by atoms with van der Waals surface area (Å²) >= 11 is 3.47. The van der Waals surface area contributed by atoms with E-state index in [4.69, 9.17) is 4.74 Å². The molecule has 1 amide bonds. The van der Waals surface area contributed by atoms with E-state index in [9.17, 15) is 10.0 Å². The number of hydrogen-bond donors (Lipinski definition) is 2. The molecule has 0 aromatic heterocycles. The van der Waals surface area contributed by atoms with E-state index in [1.165, 1.54) is 0 Å². The van der Waals surface area contributed by atoms with Crippen molar-refractivity contribution in [1.29, 1.82) is 0 Å². The van der Waals surface area contributed by atoms with E-state index in [-0.39, 0.29) is 11.6 Å². The fourth-order valence-electron chi connectivity index (χ4n) is 2.99. The van der Waals surface area contributed by atoms with Gasteiger partial charge in [-0.1, -0.05) is 46.3 Å². The molecule has 2 atom stereocenters. The molecule has 0 saturated carbocycles. The van der Waals surface area contributed by atoms with Crippen molar-refractivity contribution in [3.8, 4) is 0 Å². The molecule has 2 unspecified atom stereocenters. The molecular formula is C22H24BrN3O3. The molecular weight excluding hydrogens is 434 g/mol. The minimum Gasteiger partial charge on any atom is -0.624 e. The Hall–Kier alpha value is -2.48. The Kier molecular flexibility index (Phi) is 6.52. The number of fused-ring (bicyclic) bond motifs is 1. The van der Waals surface area contributed by atoms with Crippen LogP contribution in [0.3, 0.4) is 0 Å². The maximum Gasteiger partial charge on any atom is 0.407 e. The number of hydrogen-bond acceptors (Lipinski definition) is 4. The third-order valence-corrected chi connectivity index (χ3v) is 4.74. The molecule has 29 heavy (non-hydrogen) atoms. The molecule has 1 aliphatic rings. The summed E-state index contributed by atoms with van der Waals surface area (Å²) in [5.41, 5.74) is 2.59. The third kappa shape index (κ3) is 5.76. The molecule has 0 fully saturated rings. The number of halogens is 1. The zero-order chi connectivity index (χ0) is 21.0. The molecule has 0 radical (unpaired) electrons. The topological polar surface area (TPSA) is 78.2 Å². The predicted octanol–water partition coefficient (Wildman–Crippen LogP) is 3.83. The lowest BCUT2D eigenvalue weighted by Crippen LogP contribution is -2.95. The Morgan fingerprint density at radius 2 is 2.00 bits per heavy atom. The molecule has 0 aliphatic carbocycles. The molecule has 7 heteroatoms. The Morgan fingerprint density at radius 3 is 2.69 bits per heavy atom. The molecule has 2 aromatic rings. The first-order chi connectivity index (χ1) is 13.7. The highest BCUT2D eigenvalue weighted by Crippen LogP contribution is 2.31. The molecule has 0 bridgehead atoms. The summed E-state index contributed by atoms with van der Waals surface area (Å²) in [6, 6.07) is 14.8. The summed E-state index contributed by atoms with van der Waals surface area (Å²) in [4.78, 5) is 16.8. The highest BCUT2D eigenvalue weighted by molar-refractivity contribution is 9.10. The van der Waals surface area contributed by atoms with Gasteiger partial charge in [-0.05, 0) is 38.5 Å². The number of nitrogens with one attached hydrogen (secondary N) is 2. The lowest BCUT2D eigenvalue weighted by atomic mass is 10.0. The molecule has 2 N–H and O–H groups in total. The fraction of sp³-hybridized carbons (Fsp3) is 0.273. The van der Waals surface area contributed by atoms with Gasteiger partial charge in [-0.15, -0.1) is 0 Å². The van der Waals surface area contributed by atoms with Gasteiger partial charge in [0, 0.05) is 34.4 Å². The van der Waals surface area contributed by atoms with E-state index in [0.29, 0.717) is 5.69 Å². The summed E-state index contributed by atoms with van der Waals surface area (Å²) in [6.07, 6.45) is 2.83. The number of alkyl carbamates (subject to hydrolysis) is 1. The van der Waals surface area contributed by atoms with E-state index in [2.05, 4.69) is 26.2 Å². The highest BCUT2D eigenvalue weighted by Gasteiger charge is 2.28. The number of carbonyl (C=O) groups excluding carboxylic acids is 1. The van der Waals surface area contributed by atoms with E-state index in [0.717, 1.165) is 21.2 Å². The number of amides is 1. The average molecular weight is 458 g/mol. The van der Waals surface area contributed by atoms with Gasteiger partial charge in [0.1, 0.15) is 17.5 Å². The molecule has 0 saturated heterocycles. The highest BCUT2D eigenvalue weighted by atomic mass is 79.9. The molecule has 0 spiro atoms. The Balaban J connectivity index is 1.86. The number of quaternary nitrogens is 1. The number of carbonyl (C=O) groups is 1. The zero-order valence-corrected chi connectivity index (χ0v) is 18.2. The number of rotatable bonds is 5. The Morgan fingerprint density at radius 1 is 1.28 bits per heavy atom. The van der Waals surface area contributed by atoms with E-state index >= 15 is 0 Å². The quantitative estimate of drug-likeness (QED) is 0.528. The van der Waals surface area contributed by atoms with Gasteiger partial charge in [0.15, 0.2) is 0 Å². The van der Waals surface area contributed by atoms with Crippen molar-refractivity contribution in [3.05, 3.63) is 75.5 Å². The van der Waals surface area contributed by atoms with Crippen molar-refractivity contribution in [2.24, 2.45) is 4.99 Å². The molecule has 3 rings (SSSR count). The lowest BCUT2D eigenvalue weighted by Gasteiger charge is -2.21. The van der Waals surface area contributed by atoms with Crippen LogP contribution in [0.5, 0.6) is 0 Å². The van der Waals surface area contributed by atoms with Crippen molar-refractivity contribution in [2.45, 2.75) is 32.4 Å². The smallest absolute Gasteiger partial charge is 0.407 e. The van der Waals surface area contributed by atoms with Crippen molar-refractivity contribution in [3.63, 3.8) is 0 Å². The van der Waals surface area contributed by atoms with Gasteiger partial charge in [0.25, 0.3) is 0 Å². The van der Waals surface area contributed by atoms with E-state index in [1.54, 1.807) is 18.5 Å². The second-order valence-corrected chi connectivity index (χ2v) is 8.66. The maximum absolute atomic E-state index is 12.4. The van der Waals surface area contributed by atoms with Crippen LogP contribution in [-0.4, -0.2) is 30.5 Å². The summed E-state index contributed by atoms with van der Waals surface area (Å²) in [5, 5.41) is 15.2. The Labute approximate surface area is 179 Å². The van der Waals surface area contributed by atoms with Gasteiger partial charge in [-0.2, -0.15) is 0 Å².